The number of halogens is 1. The van der Waals surface area contributed by atoms with Gasteiger partial charge in [0.1, 0.15) is 5.82 Å². The van der Waals surface area contributed by atoms with Crippen molar-refractivity contribution in [3.63, 3.8) is 0 Å². The van der Waals surface area contributed by atoms with Gasteiger partial charge in [0.2, 0.25) is 0 Å². The van der Waals surface area contributed by atoms with Gasteiger partial charge in [0.15, 0.2) is 0 Å². The zero-order valence-corrected chi connectivity index (χ0v) is 10.9. The number of aryl methyl sites for hydroxylation is 1. The third-order valence-corrected chi connectivity index (χ3v) is 2.97. The van der Waals surface area contributed by atoms with E-state index < -0.39 is 0 Å². The van der Waals surface area contributed by atoms with Crippen LogP contribution in [0.3, 0.4) is 0 Å². The number of hydrogen-bond acceptors (Lipinski definition) is 3. The van der Waals surface area contributed by atoms with E-state index in [0.717, 1.165) is 4.47 Å². The highest BCUT2D eigenvalue weighted by molar-refractivity contribution is 9.10. The molecule has 17 heavy (non-hydrogen) atoms. The average molecular weight is 298 g/mol. The van der Waals surface area contributed by atoms with Crippen molar-refractivity contribution in [2.75, 3.05) is 6.61 Å². The second kappa shape index (κ2) is 4.85. The van der Waals surface area contributed by atoms with Crippen LogP contribution in [0.2, 0.25) is 0 Å². The lowest BCUT2D eigenvalue weighted by molar-refractivity contribution is 0.273. The maximum absolute atomic E-state index is 12.0. The summed E-state index contributed by atoms with van der Waals surface area (Å²) in [5.74, 6) is 0.590. The highest BCUT2D eigenvalue weighted by Crippen LogP contribution is 2.12. The molecule has 0 aliphatic rings. The van der Waals surface area contributed by atoms with Gasteiger partial charge in [-0.2, -0.15) is 9.78 Å². The fourth-order valence-corrected chi connectivity index (χ4v) is 1.87. The van der Waals surface area contributed by atoms with E-state index in [2.05, 4.69) is 21.0 Å². The minimum absolute atomic E-state index is 0.0766. The molecule has 0 saturated heterocycles. The molecule has 1 aromatic carbocycles. The molecule has 0 spiro atoms. The SMILES string of the molecule is Cc1nn(-c2ccc(Br)cc2)c(=O)n1CCO. The third kappa shape index (κ3) is 2.32. The molecule has 1 heterocycles. The largest absolute Gasteiger partial charge is 0.395 e. The molecular formula is C11H12BrN3O2. The van der Waals surface area contributed by atoms with Crippen molar-refractivity contribution >= 4 is 15.9 Å². The van der Waals surface area contributed by atoms with Gasteiger partial charge in [0, 0.05) is 4.47 Å². The number of aromatic nitrogens is 3. The number of benzene rings is 1. The maximum atomic E-state index is 12.0. The molecule has 0 radical (unpaired) electrons. The lowest BCUT2D eigenvalue weighted by Crippen LogP contribution is -2.25. The van der Waals surface area contributed by atoms with Crippen LogP contribution >= 0.6 is 15.9 Å². The Hall–Kier alpha value is -1.40. The number of aliphatic hydroxyl groups is 1. The van der Waals surface area contributed by atoms with Crippen molar-refractivity contribution in [2.45, 2.75) is 13.5 Å². The molecule has 0 fully saturated rings. The van der Waals surface area contributed by atoms with E-state index in [-0.39, 0.29) is 18.8 Å². The summed E-state index contributed by atoms with van der Waals surface area (Å²) in [6.45, 7) is 1.93. The van der Waals surface area contributed by atoms with E-state index in [9.17, 15) is 4.79 Å². The van der Waals surface area contributed by atoms with Crippen LogP contribution < -0.4 is 5.69 Å². The Morgan fingerprint density at radius 3 is 2.59 bits per heavy atom. The topological polar surface area (TPSA) is 60.0 Å². The molecule has 0 aliphatic carbocycles. The van der Waals surface area contributed by atoms with Crippen molar-refractivity contribution in [3.8, 4) is 5.69 Å². The van der Waals surface area contributed by atoms with Gasteiger partial charge in [-0.15, -0.1) is 0 Å². The van der Waals surface area contributed by atoms with Crippen molar-refractivity contribution < 1.29 is 5.11 Å². The summed E-state index contributed by atoms with van der Waals surface area (Å²) in [6.07, 6.45) is 0. The van der Waals surface area contributed by atoms with Crippen molar-refractivity contribution in [1.29, 1.82) is 0 Å². The zero-order valence-electron chi connectivity index (χ0n) is 9.30. The number of nitrogens with zero attached hydrogens (tertiary/aromatic N) is 3. The number of hydrogen-bond donors (Lipinski definition) is 1. The summed E-state index contributed by atoms with van der Waals surface area (Å²) < 4.78 is 3.72. The predicted molar refractivity (Wildman–Crippen MR) is 67.3 cm³/mol. The molecule has 0 saturated carbocycles. The van der Waals surface area contributed by atoms with E-state index in [0.29, 0.717) is 11.5 Å². The van der Waals surface area contributed by atoms with Crippen molar-refractivity contribution in [1.82, 2.24) is 14.3 Å². The summed E-state index contributed by atoms with van der Waals surface area (Å²) in [5, 5.41) is 13.1. The molecule has 5 nitrogen and oxygen atoms in total. The number of rotatable bonds is 3. The molecule has 0 amide bonds. The lowest BCUT2D eigenvalue weighted by atomic mass is 10.3. The van der Waals surface area contributed by atoms with E-state index >= 15 is 0 Å². The Bertz CT molecular complexity index is 571. The van der Waals surface area contributed by atoms with Crippen LogP contribution in [0.25, 0.3) is 5.69 Å². The summed E-state index contributed by atoms with van der Waals surface area (Å²) >= 11 is 3.33. The van der Waals surface area contributed by atoms with Gasteiger partial charge in [-0.3, -0.25) is 4.57 Å². The van der Waals surface area contributed by atoms with E-state index in [1.807, 2.05) is 12.1 Å². The highest BCUT2D eigenvalue weighted by Gasteiger charge is 2.10. The molecule has 1 aromatic heterocycles. The highest BCUT2D eigenvalue weighted by atomic mass is 79.9. The monoisotopic (exact) mass is 297 g/mol. The predicted octanol–water partition coefficient (Wildman–Crippen LogP) is 1.10. The third-order valence-electron chi connectivity index (χ3n) is 2.44. The van der Waals surface area contributed by atoms with Gasteiger partial charge in [-0.05, 0) is 31.2 Å². The molecule has 6 heteroatoms. The van der Waals surface area contributed by atoms with E-state index in [1.165, 1.54) is 9.25 Å². The second-order valence-electron chi connectivity index (χ2n) is 3.59. The fourth-order valence-electron chi connectivity index (χ4n) is 1.60. The summed E-state index contributed by atoms with van der Waals surface area (Å²) in [7, 11) is 0. The van der Waals surface area contributed by atoms with E-state index in [1.54, 1.807) is 19.1 Å². The van der Waals surface area contributed by atoms with Gasteiger partial charge < -0.3 is 5.11 Å². The van der Waals surface area contributed by atoms with Crippen molar-refractivity contribution in [2.24, 2.45) is 0 Å². The fraction of sp³-hybridized carbons (Fsp3) is 0.273. The molecule has 0 aliphatic heterocycles. The minimum atomic E-state index is -0.237. The van der Waals surface area contributed by atoms with Gasteiger partial charge in [0.25, 0.3) is 0 Å². The van der Waals surface area contributed by atoms with Crippen molar-refractivity contribution in [3.05, 3.63) is 45.0 Å². The minimum Gasteiger partial charge on any atom is -0.395 e. The smallest absolute Gasteiger partial charge is 0.350 e. The van der Waals surface area contributed by atoms with E-state index in [4.69, 9.17) is 5.11 Å². The van der Waals surface area contributed by atoms with Crippen LogP contribution in [0.1, 0.15) is 5.82 Å². The quantitative estimate of drug-likeness (QED) is 0.923. The van der Waals surface area contributed by atoms with Crippen LogP contribution in [-0.2, 0) is 6.54 Å². The first-order valence-electron chi connectivity index (χ1n) is 5.16. The van der Waals surface area contributed by atoms with Crippen LogP contribution in [0.15, 0.2) is 33.5 Å². The summed E-state index contributed by atoms with van der Waals surface area (Å²) in [6, 6.07) is 7.31. The number of aliphatic hydroxyl groups excluding tert-OH is 1. The maximum Gasteiger partial charge on any atom is 0.350 e. The Morgan fingerprint density at radius 1 is 1.35 bits per heavy atom. The Balaban J connectivity index is 2.50. The van der Waals surface area contributed by atoms with Crippen LogP contribution in [0.4, 0.5) is 0 Å². The molecule has 0 unspecified atom stereocenters. The Labute approximate surface area is 106 Å². The molecule has 2 aromatic rings. The first kappa shape index (κ1) is 12.1. The lowest BCUT2D eigenvalue weighted by Gasteiger charge is -1.99. The van der Waals surface area contributed by atoms with Gasteiger partial charge in [-0.25, -0.2) is 4.79 Å². The average Bonchev–Trinajstić information content (AvgIpc) is 2.59. The Kier molecular flexibility index (Phi) is 3.44. The molecule has 1 N–H and O–H groups in total. The van der Waals surface area contributed by atoms with Gasteiger partial charge in [-0.1, -0.05) is 15.9 Å². The van der Waals surface area contributed by atoms with Gasteiger partial charge >= 0.3 is 5.69 Å². The molecule has 90 valence electrons. The molecular weight excluding hydrogens is 286 g/mol. The second-order valence-corrected chi connectivity index (χ2v) is 4.51. The van der Waals surface area contributed by atoms with Crippen LogP contribution in [0.5, 0.6) is 0 Å². The molecule has 0 atom stereocenters. The van der Waals surface area contributed by atoms with Crippen LogP contribution in [-0.4, -0.2) is 26.1 Å². The molecule has 2 rings (SSSR count). The molecule has 0 bridgehead atoms. The summed E-state index contributed by atoms with van der Waals surface area (Å²) in [5.41, 5.74) is 0.469. The first-order chi connectivity index (χ1) is 8.13. The standard InChI is InChI=1S/C11H12BrN3O2/c1-8-13-15(11(17)14(8)6-7-16)10-4-2-9(12)3-5-10/h2-5,16H,6-7H2,1H3. The Morgan fingerprint density at radius 2 is 2.00 bits per heavy atom. The van der Waals surface area contributed by atoms with Gasteiger partial charge in [0.05, 0.1) is 18.8 Å². The first-order valence-corrected chi connectivity index (χ1v) is 5.96. The van der Waals surface area contributed by atoms with Crippen LogP contribution in [0, 0.1) is 6.92 Å². The summed E-state index contributed by atoms with van der Waals surface area (Å²) in [4.78, 5) is 12.0. The normalized spacial score (nSPS) is 10.8. The zero-order chi connectivity index (χ0) is 12.4.